The van der Waals surface area contributed by atoms with E-state index in [4.69, 9.17) is 10.1 Å². The largest absolute Gasteiger partial charge is 0.511 e. The molecule has 0 unspecified atom stereocenters. The number of carboxylic acid groups (broad SMARTS) is 1. The number of nitrogens with zero attached hydrogens (tertiary/aromatic N) is 4. The summed E-state index contributed by atoms with van der Waals surface area (Å²) in [5.74, 6) is -0.137. The van der Waals surface area contributed by atoms with Gasteiger partial charge in [-0.3, -0.25) is 9.59 Å². The topological polar surface area (TPSA) is 172 Å². The summed E-state index contributed by atoms with van der Waals surface area (Å²) in [6.07, 6.45) is 9.23. The van der Waals surface area contributed by atoms with E-state index < -0.39 is 16.8 Å². The number of carboxylic acids is 1. The number of aliphatic hydroxyl groups excluding tert-OH is 2. The van der Waals surface area contributed by atoms with Crippen LogP contribution in [0.15, 0.2) is 363 Å². The number of pyridine rings is 4. The Morgan fingerprint density at radius 1 is 0.369 bits per heavy atom. The predicted octanol–water partition coefficient (Wildman–Crippen LogP) is 27.0. The first-order chi connectivity index (χ1) is 57.5. The first-order valence-corrected chi connectivity index (χ1v) is 39.9. The van der Waals surface area contributed by atoms with Gasteiger partial charge in [0.05, 0.1) is 17.4 Å². The van der Waals surface area contributed by atoms with Gasteiger partial charge in [-0.15, -0.1) is 94.5 Å². The molecule has 0 atom stereocenters. The maximum atomic E-state index is 10.5. The van der Waals surface area contributed by atoms with Gasteiger partial charge in [0.25, 0.3) is 0 Å². The molecular formula is C109H95Ir3N4O6-. The number of rotatable bonds is 12. The van der Waals surface area contributed by atoms with Crippen LogP contribution in [0.2, 0.25) is 0 Å². The summed E-state index contributed by atoms with van der Waals surface area (Å²) >= 11 is 0. The zero-order valence-corrected chi connectivity index (χ0v) is 76.6. The summed E-state index contributed by atoms with van der Waals surface area (Å²) in [7, 11) is 0. The number of hydrogen-bond donors (Lipinski definition) is 3. The van der Waals surface area contributed by atoms with Crippen LogP contribution in [0.25, 0.3) is 126 Å². The van der Waals surface area contributed by atoms with Gasteiger partial charge in [0.1, 0.15) is 22.8 Å². The second-order valence-corrected chi connectivity index (χ2v) is 31.4. The molecule has 5 N–H and O–H groups in total. The Hall–Kier alpha value is -12.4. The first-order valence-electron chi connectivity index (χ1n) is 39.9. The Balaban J connectivity index is 0.000000156. The van der Waals surface area contributed by atoms with Gasteiger partial charge >= 0.3 is 17.5 Å². The maximum Gasteiger partial charge on any atom is 0.354 e. The summed E-state index contributed by atoms with van der Waals surface area (Å²) in [6, 6.07) is 118. The molecule has 18 rings (SSSR count). The van der Waals surface area contributed by atoms with E-state index >= 15 is 0 Å². The fourth-order valence-electron chi connectivity index (χ4n) is 14.0. The van der Waals surface area contributed by atoms with Crippen LogP contribution in [0.1, 0.15) is 93.7 Å². The molecule has 10 nitrogen and oxygen atoms in total. The second kappa shape index (κ2) is 42.7. The van der Waals surface area contributed by atoms with Crippen LogP contribution in [0.5, 0.6) is 0 Å². The van der Waals surface area contributed by atoms with Gasteiger partial charge in [0.2, 0.25) is 0 Å². The van der Waals surface area contributed by atoms with Crippen molar-refractivity contribution in [2.45, 2.75) is 81.6 Å². The van der Waals surface area contributed by atoms with Crippen molar-refractivity contribution in [3.05, 3.63) is 415 Å². The van der Waals surface area contributed by atoms with Gasteiger partial charge in [-0.1, -0.05) is 313 Å². The number of benzene rings is 14. The molecule has 0 aliphatic heterocycles. The van der Waals surface area contributed by atoms with Crippen LogP contribution in [-0.2, 0) is 79.6 Å². The molecule has 18 aromatic rings. The van der Waals surface area contributed by atoms with Crippen molar-refractivity contribution in [1.29, 1.82) is 0 Å². The Kier molecular flexibility index (Phi) is 32.2. The quantitative estimate of drug-likeness (QED) is 0.0356. The predicted molar refractivity (Wildman–Crippen MR) is 495 cm³/mol. The average Bonchev–Trinajstić information content (AvgIpc) is 0.772. The molecule has 3 radical (unpaired) electrons. The van der Waals surface area contributed by atoms with Crippen LogP contribution in [0, 0.1) is 36.0 Å². The third kappa shape index (κ3) is 23.2. The molecule has 0 amide bonds. The molecule has 14 aromatic carbocycles. The normalized spacial score (nSPS) is 11.4. The van der Waals surface area contributed by atoms with E-state index in [9.17, 15) is 24.6 Å². The second-order valence-electron chi connectivity index (χ2n) is 31.4. The van der Waals surface area contributed by atoms with E-state index in [-0.39, 0.29) is 89.1 Å². The van der Waals surface area contributed by atoms with Gasteiger partial charge in [-0.2, -0.15) is 0 Å². The molecule has 4 aromatic heterocycles. The van der Waals surface area contributed by atoms with Crippen molar-refractivity contribution in [3.8, 4) is 33.8 Å². The van der Waals surface area contributed by atoms with Crippen LogP contribution < -0.4 is 0 Å². The van der Waals surface area contributed by atoms with Crippen molar-refractivity contribution in [2.24, 2.45) is 10.8 Å². The van der Waals surface area contributed by atoms with Crippen LogP contribution >= 0.6 is 0 Å². The first kappa shape index (κ1) is 91.9. The number of aliphatic hydroxyl groups is 2. The third-order valence-electron chi connectivity index (χ3n) is 20.8. The fraction of sp³-hybridized carbons (Fsp3) is 0.128. The monoisotopic (exact) mass is 2130 g/mol. The van der Waals surface area contributed by atoms with E-state index in [1.54, 1.807) is 19.1 Å². The SMILES string of the molecule is CC(C(=[OH+])Cc1ccccc1)=C(O)Cc1ccccc1.CC(C)(C)C(=[OH+])C(=C(O)C(C)(C)C)c1ccccc1.CCc1c[c-]c(-c2cc3c(ccc4ccccc43)cn2)cc1.Cc1c[c-]c(-c2cc3c(ccc4ccccc43)cn2)cc1.O=C(O)c1ccccn1.[Ir].[Ir].[Ir].[c-]1cc2ccc3ccccc3c2cc1-c1cc2c(ccc3ccccc32)cn1. The Morgan fingerprint density at radius 3 is 1.15 bits per heavy atom. The number of aryl methyl sites for hydroxylation is 2. The zero-order valence-electron chi connectivity index (χ0n) is 69.5. The van der Waals surface area contributed by atoms with Gasteiger partial charge in [-0.25, -0.2) is 9.78 Å². The van der Waals surface area contributed by atoms with Gasteiger partial charge in [0.15, 0.2) is 0 Å². The van der Waals surface area contributed by atoms with Gasteiger partial charge in [0, 0.05) is 96.9 Å². The van der Waals surface area contributed by atoms with E-state index in [1.807, 2.05) is 157 Å². The number of hydrogen-bond acceptors (Lipinski definition) is 7. The summed E-state index contributed by atoms with van der Waals surface area (Å²) < 4.78 is 0. The Labute approximate surface area is 754 Å². The van der Waals surface area contributed by atoms with E-state index in [2.05, 4.69) is 253 Å². The molecule has 0 aliphatic carbocycles. The minimum absolute atomic E-state index is 0. The van der Waals surface area contributed by atoms with E-state index in [0.717, 1.165) is 62.3 Å². The van der Waals surface area contributed by atoms with E-state index in [0.29, 0.717) is 24.0 Å². The standard InChI is InChI=1S/C27H16N.C21H16N.C20H14N.C18H18O2.C17H24O2.C6H5NO2.3Ir/c1-3-7-23-18(5-1)9-10-20-11-13-21(15-25(20)23)27-16-26-22(17-28-27)14-12-19-6-2-4-8-24(19)26;1-2-15-7-9-17(10-8-15)21-13-20-18(14-22-21)12-11-16-5-3-4-6-19(16)20;1-14-6-8-16(9-7-14)20-12-19-17(13-21-20)11-10-15-4-2-3-5-18(15)19;1-14(17(19)12-15-8-4-2-5-9-15)18(20)13-16-10-6-3-7-11-16;1-16(2,3)14(18)13(15(19)17(4,5)6)12-10-8-7-9-11-12;8-6(9)5-3-1-2-4-7-5;;;/h1-12,14-17H;3-9,11-14H,2H2,1H3;2-8,10-13H,1H3;2-11,19H,12-13H2,1H3;7-11,18H,1-6H3;1-4H,(H,8,9);;;/q3*-1;;;;;;/p+2. The van der Waals surface area contributed by atoms with Crippen molar-refractivity contribution in [1.82, 2.24) is 19.9 Å². The number of ketones is 2. The number of aromatic carboxylic acids is 1. The minimum atomic E-state index is -0.990. The molecule has 122 heavy (non-hydrogen) atoms. The molecule has 13 heteroatoms. The van der Waals surface area contributed by atoms with Crippen molar-refractivity contribution < 1.29 is 90.0 Å². The Bertz CT molecular complexity index is 6600. The molecule has 0 saturated carbocycles. The fourth-order valence-corrected chi connectivity index (χ4v) is 14.0. The molecule has 4 heterocycles. The maximum absolute atomic E-state index is 10.5. The smallest absolute Gasteiger partial charge is 0.354 e. The minimum Gasteiger partial charge on any atom is -0.511 e. The number of allylic oxidation sites excluding steroid dienone is 4. The molecular weight excluding hydrogens is 2040 g/mol. The van der Waals surface area contributed by atoms with Gasteiger partial charge < -0.3 is 30.3 Å². The van der Waals surface area contributed by atoms with Crippen molar-refractivity contribution in [3.63, 3.8) is 0 Å². The summed E-state index contributed by atoms with van der Waals surface area (Å²) in [5, 5.41) is 48.7. The number of carbonyl (C=O) groups excluding carboxylic acids is 2. The molecule has 0 fully saturated rings. The van der Waals surface area contributed by atoms with Gasteiger partial charge in [-0.05, 0) is 149 Å². The van der Waals surface area contributed by atoms with Crippen molar-refractivity contribution >= 4 is 109 Å². The Morgan fingerprint density at radius 2 is 0.754 bits per heavy atom. The number of aromatic nitrogens is 4. The van der Waals surface area contributed by atoms with Crippen LogP contribution in [0.3, 0.4) is 0 Å². The van der Waals surface area contributed by atoms with Crippen molar-refractivity contribution in [2.75, 3.05) is 0 Å². The summed E-state index contributed by atoms with van der Waals surface area (Å²) in [6.45, 7) is 17.6. The number of fused-ring (bicyclic) bond motifs is 12. The third-order valence-corrected chi connectivity index (χ3v) is 20.8. The molecule has 0 spiro atoms. The zero-order chi connectivity index (χ0) is 83.6. The van der Waals surface area contributed by atoms with E-state index in [1.165, 1.54) is 104 Å². The summed E-state index contributed by atoms with van der Waals surface area (Å²) in [4.78, 5) is 48.3. The molecule has 615 valence electrons. The summed E-state index contributed by atoms with van der Waals surface area (Å²) in [5.41, 5.74) is 11.8. The molecule has 0 aliphatic rings. The number of carbonyl (C=O) groups is 1. The molecule has 0 bridgehead atoms. The van der Waals surface area contributed by atoms with Crippen LogP contribution in [0.4, 0.5) is 0 Å². The van der Waals surface area contributed by atoms with Crippen LogP contribution in [-0.4, -0.2) is 62.4 Å². The molecule has 0 saturated heterocycles. The average molecular weight is 2130 g/mol.